The molecule has 3 nitrogen and oxygen atoms in total. The summed E-state index contributed by atoms with van der Waals surface area (Å²) in [6.07, 6.45) is 0. The lowest BCUT2D eigenvalue weighted by atomic mass is 9.98. The predicted octanol–water partition coefficient (Wildman–Crippen LogP) is 2.97. The summed E-state index contributed by atoms with van der Waals surface area (Å²) in [6, 6.07) is 0. The van der Waals surface area contributed by atoms with Crippen LogP contribution in [0.2, 0.25) is 0 Å². The number of nitro benzene ring substituents is 1. The average molecular weight is 197 g/mol. The van der Waals surface area contributed by atoms with Crippen molar-refractivity contribution in [3.05, 3.63) is 38.2 Å². The molecular formula is C10H12FNO2. The number of hydrogen-bond acceptors (Lipinski definition) is 2. The highest BCUT2D eigenvalue weighted by atomic mass is 19.1. The van der Waals surface area contributed by atoms with Gasteiger partial charge in [-0.05, 0) is 38.8 Å². The molecule has 1 aromatic carbocycles. The quantitative estimate of drug-likeness (QED) is 0.513. The molecule has 0 aliphatic carbocycles. The molecule has 76 valence electrons. The molecule has 0 heterocycles. The van der Waals surface area contributed by atoms with Gasteiger partial charge in [0.2, 0.25) is 0 Å². The molecule has 4 heteroatoms. The molecule has 0 bridgehead atoms. The third-order valence-corrected chi connectivity index (χ3v) is 2.68. The van der Waals surface area contributed by atoms with Crippen LogP contribution in [0.5, 0.6) is 0 Å². The molecule has 0 unspecified atom stereocenters. The van der Waals surface area contributed by atoms with Crippen molar-refractivity contribution < 1.29 is 9.31 Å². The van der Waals surface area contributed by atoms with E-state index in [4.69, 9.17) is 0 Å². The smallest absolute Gasteiger partial charge is 0.258 e. The summed E-state index contributed by atoms with van der Waals surface area (Å²) in [7, 11) is 0. The fourth-order valence-electron chi connectivity index (χ4n) is 1.56. The lowest BCUT2D eigenvalue weighted by Crippen LogP contribution is -2.03. The molecule has 0 amide bonds. The Morgan fingerprint density at radius 3 is 1.93 bits per heavy atom. The van der Waals surface area contributed by atoms with Gasteiger partial charge in [0, 0.05) is 5.56 Å². The van der Waals surface area contributed by atoms with Crippen LogP contribution >= 0.6 is 0 Å². The number of nitrogens with zero attached hydrogens (tertiary/aromatic N) is 1. The van der Waals surface area contributed by atoms with Crippen LogP contribution in [-0.2, 0) is 0 Å². The highest BCUT2D eigenvalue weighted by Gasteiger charge is 2.22. The summed E-state index contributed by atoms with van der Waals surface area (Å²) in [4.78, 5) is 10.2. The number of rotatable bonds is 1. The molecule has 0 atom stereocenters. The number of nitro groups is 1. The molecule has 0 aliphatic heterocycles. The fourth-order valence-corrected chi connectivity index (χ4v) is 1.56. The molecule has 14 heavy (non-hydrogen) atoms. The second-order valence-electron chi connectivity index (χ2n) is 3.42. The minimum Gasteiger partial charge on any atom is -0.258 e. The second kappa shape index (κ2) is 3.36. The van der Waals surface area contributed by atoms with Crippen molar-refractivity contribution >= 4 is 5.69 Å². The number of hydrogen-bond donors (Lipinski definition) is 0. The largest absolute Gasteiger partial charge is 0.278 e. The molecule has 1 aromatic rings. The first-order valence-corrected chi connectivity index (χ1v) is 4.28. The van der Waals surface area contributed by atoms with E-state index in [1.165, 1.54) is 6.92 Å². The van der Waals surface area contributed by atoms with Crippen LogP contribution in [0, 0.1) is 43.6 Å². The zero-order chi connectivity index (χ0) is 11.0. The van der Waals surface area contributed by atoms with E-state index in [1.807, 2.05) is 0 Å². The third-order valence-electron chi connectivity index (χ3n) is 2.68. The Hall–Kier alpha value is -1.45. The summed E-state index contributed by atoms with van der Waals surface area (Å²) in [5.74, 6) is -0.472. The van der Waals surface area contributed by atoms with E-state index in [0.717, 1.165) is 0 Å². The summed E-state index contributed by atoms with van der Waals surface area (Å²) in [5, 5.41) is 10.7. The summed E-state index contributed by atoms with van der Waals surface area (Å²) < 4.78 is 13.5. The maximum absolute atomic E-state index is 13.5. The highest BCUT2D eigenvalue weighted by Crippen LogP contribution is 2.30. The molecule has 0 N–H and O–H groups in total. The van der Waals surface area contributed by atoms with Crippen LogP contribution in [0.25, 0.3) is 0 Å². The van der Waals surface area contributed by atoms with Crippen molar-refractivity contribution in [3.63, 3.8) is 0 Å². The Kier molecular flexibility index (Phi) is 2.55. The van der Waals surface area contributed by atoms with Gasteiger partial charge in [0.1, 0.15) is 5.82 Å². The van der Waals surface area contributed by atoms with Gasteiger partial charge >= 0.3 is 0 Å². The van der Waals surface area contributed by atoms with E-state index in [9.17, 15) is 14.5 Å². The van der Waals surface area contributed by atoms with Crippen LogP contribution in [0.15, 0.2) is 0 Å². The van der Waals surface area contributed by atoms with E-state index in [2.05, 4.69) is 0 Å². The Morgan fingerprint density at radius 1 is 1.00 bits per heavy atom. The molecule has 0 aliphatic rings. The molecule has 0 saturated heterocycles. The van der Waals surface area contributed by atoms with Crippen molar-refractivity contribution in [2.75, 3.05) is 0 Å². The molecule has 0 saturated carbocycles. The van der Waals surface area contributed by atoms with E-state index in [0.29, 0.717) is 16.7 Å². The van der Waals surface area contributed by atoms with Gasteiger partial charge in [-0.2, -0.15) is 0 Å². The Labute approximate surface area is 81.7 Å². The summed E-state index contributed by atoms with van der Waals surface area (Å²) in [6.45, 7) is 6.41. The van der Waals surface area contributed by atoms with Gasteiger partial charge in [0.15, 0.2) is 0 Å². The van der Waals surface area contributed by atoms with E-state index < -0.39 is 10.7 Å². The molecule has 0 fully saturated rings. The maximum Gasteiger partial charge on any atom is 0.278 e. The van der Waals surface area contributed by atoms with Crippen molar-refractivity contribution in [3.8, 4) is 0 Å². The Balaban J connectivity index is 3.68. The summed E-state index contributed by atoms with van der Waals surface area (Å²) >= 11 is 0. The lowest BCUT2D eigenvalue weighted by Gasteiger charge is -2.09. The van der Waals surface area contributed by atoms with Crippen LogP contribution in [0.4, 0.5) is 10.1 Å². The van der Waals surface area contributed by atoms with Gasteiger partial charge in [0.05, 0.1) is 10.5 Å². The molecule has 1 rings (SSSR count). The van der Waals surface area contributed by atoms with E-state index in [-0.39, 0.29) is 11.3 Å². The van der Waals surface area contributed by atoms with Gasteiger partial charge in [0.25, 0.3) is 5.69 Å². The molecule has 0 spiro atoms. The lowest BCUT2D eigenvalue weighted by molar-refractivity contribution is -0.386. The Bertz CT molecular complexity index is 384. The van der Waals surface area contributed by atoms with Crippen molar-refractivity contribution in [2.24, 2.45) is 0 Å². The normalized spacial score (nSPS) is 10.4. The van der Waals surface area contributed by atoms with E-state index >= 15 is 0 Å². The van der Waals surface area contributed by atoms with Crippen molar-refractivity contribution in [2.45, 2.75) is 27.7 Å². The standard InChI is InChI=1S/C10H12FNO2/c1-5-6(2)9(11)8(4)10(7(5)3)12(13)14/h1-4H3. The van der Waals surface area contributed by atoms with Crippen LogP contribution in [-0.4, -0.2) is 4.92 Å². The van der Waals surface area contributed by atoms with E-state index in [1.54, 1.807) is 20.8 Å². The monoisotopic (exact) mass is 197 g/mol. The fraction of sp³-hybridized carbons (Fsp3) is 0.400. The zero-order valence-corrected chi connectivity index (χ0v) is 8.64. The SMILES string of the molecule is Cc1c(C)c(F)c(C)c([N+](=O)[O-])c1C. The molecular weight excluding hydrogens is 185 g/mol. The third kappa shape index (κ3) is 1.36. The van der Waals surface area contributed by atoms with Gasteiger partial charge in [-0.25, -0.2) is 4.39 Å². The van der Waals surface area contributed by atoms with Crippen LogP contribution < -0.4 is 0 Å². The van der Waals surface area contributed by atoms with Gasteiger partial charge < -0.3 is 0 Å². The first-order valence-electron chi connectivity index (χ1n) is 4.28. The Morgan fingerprint density at radius 2 is 1.50 bits per heavy atom. The summed E-state index contributed by atoms with van der Waals surface area (Å²) in [5.41, 5.74) is 1.71. The van der Waals surface area contributed by atoms with Crippen molar-refractivity contribution in [1.82, 2.24) is 0 Å². The van der Waals surface area contributed by atoms with Crippen LogP contribution in [0.3, 0.4) is 0 Å². The second-order valence-corrected chi connectivity index (χ2v) is 3.42. The highest BCUT2D eigenvalue weighted by molar-refractivity contribution is 5.54. The zero-order valence-electron chi connectivity index (χ0n) is 8.64. The van der Waals surface area contributed by atoms with Gasteiger partial charge in [-0.3, -0.25) is 10.1 Å². The number of benzene rings is 1. The topological polar surface area (TPSA) is 43.1 Å². The minimum atomic E-state index is -0.528. The average Bonchev–Trinajstić information content (AvgIpc) is 2.11. The maximum atomic E-state index is 13.5. The predicted molar refractivity (Wildman–Crippen MR) is 52.0 cm³/mol. The minimum absolute atomic E-state index is 0.106. The van der Waals surface area contributed by atoms with Crippen molar-refractivity contribution in [1.29, 1.82) is 0 Å². The molecule has 0 aromatic heterocycles. The molecule has 0 radical (unpaired) electrons. The first-order chi connectivity index (χ1) is 6.37. The first kappa shape index (κ1) is 10.6. The van der Waals surface area contributed by atoms with Gasteiger partial charge in [-0.1, -0.05) is 0 Å². The number of halogens is 1. The van der Waals surface area contributed by atoms with Gasteiger partial charge in [-0.15, -0.1) is 0 Å². The van der Waals surface area contributed by atoms with Crippen LogP contribution in [0.1, 0.15) is 22.3 Å².